The predicted octanol–water partition coefficient (Wildman–Crippen LogP) is 3.94. The number of alkyl halides is 1. The minimum Gasteiger partial charge on any atom is -0.352 e. The van der Waals surface area contributed by atoms with Crippen LogP contribution in [-0.4, -0.2) is 24.1 Å². The Morgan fingerprint density at radius 2 is 1.89 bits per heavy atom. The Labute approximate surface area is 124 Å². The molecule has 2 nitrogen and oxygen atoms in total. The molecule has 0 aliphatic heterocycles. The zero-order chi connectivity index (χ0) is 13.7. The van der Waals surface area contributed by atoms with Gasteiger partial charge in [0.05, 0.1) is 0 Å². The molecule has 0 radical (unpaired) electrons. The first-order valence-electron chi connectivity index (χ1n) is 6.75. The van der Waals surface area contributed by atoms with Gasteiger partial charge in [0.25, 0.3) is 5.91 Å². The van der Waals surface area contributed by atoms with Crippen molar-refractivity contribution in [1.29, 1.82) is 0 Å². The van der Waals surface area contributed by atoms with Crippen molar-refractivity contribution >= 4 is 29.3 Å². The fraction of sp³-hybridized carbons (Fsp3) is 0.533. The van der Waals surface area contributed by atoms with Gasteiger partial charge in [0.2, 0.25) is 0 Å². The van der Waals surface area contributed by atoms with Crippen LogP contribution >= 0.6 is 23.4 Å². The maximum Gasteiger partial charge on any atom is 0.251 e. The summed E-state index contributed by atoms with van der Waals surface area (Å²) in [4.78, 5) is 13.2. The summed E-state index contributed by atoms with van der Waals surface area (Å²) in [5.74, 6) is 0.616. The molecule has 0 heterocycles. The van der Waals surface area contributed by atoms with Gasteiger partial charge in [-0.3, -0.25) is 4.79 Å². The first-order valence-corrected chi connectivity index (χ1v) is 8.41. The van der Waals surface area contributed by atoms with Crippen molar-refractivity contribution in [2.45, 2.75) is 36.0 Å². The van der Waals surface area contributed by atoms with Gasteiger partial charge in [0, 0.05) is 22.4 Å². The molecule has 19 heavy (non-hydrogen) atoms. The van der Waals surface area contributed by atoms with E-state index >= 15 is 0 Å². The van der Waals surface area contributed by atoms with Crippen LogP contribution < -0.4 is 5.32 Å². The van der Waals surface area contributed by atoms with E-state index in [-0.39, 0.29) is 5.91 Å². The first-order chi connectivity index (χ1) is 9.19. The molecular formula is C15H20ClNOS. The number of nitrogens with one attached hydrogen (secondary N) is 1. The zero-order valence-corrected chi connectivity index (χ0v) is 12.8. The summed E-state index contributed by atoms with van der Waals surface area (Å²) in [6, 6.07) is 7.74. The van der Waals surface area contributed by atoms with E-state index in [1.807, 2.05) is 30.5 Å². The van der Waals surface area contributed by atoms with Crippen LogP contribution in [0.4, 0.5) is 0 Å². The summed E-state index contributed by atoms with van der Waals surface area (Å²) in [6.07, 6.45) is 6.43. The highest BCUT2D eigenvalue weighted by Gasteiger charge is 2.19. The van der Waals surface area contributed by atoms with Crippen LogP contribution in [-0.2, 0) is 0 Å². The Kier molecular flexibility index (Phi) is 5.59. The van der Waals surface area contributed by atoms with Crippen molar-refractivity contribution in [2.75, 3.05) is 12.8 Å². The average Bonchev–Trinajstić information content (AvgIpc) is 2.46. The number of halogens is 1. The smallest absolute Gasteiger partial charge is 0.251 e. The number of benzene rings is 1. The number of rotatable bonds is 4. The normalized spacial score (nSPS) is 23.1. The fourth-order valence-electron chi connectivity index (χ4n) is 2.41. The van der Waals surface area contributed by atoms with E-state index in [2.05, 4.69) is 5.32 Å². The number of carbonyl (C=O) groups is 1. The SMILES string of the molecule is CSc1ccc(C(=O)NCC2CCC(Cl)CC2)cc1. The van der Waals surface area contributed by atoms with Gasteiger partial charge in [-0.2, -0.15) is 0 Å². The van der Waals surface area contributed by atoms with Crippen molar-refractivity contribution in [3.8, 4) is 0 Å². The summed E-state index contributed by atoms with van der Waals surface area (Å²) in [7, 11) is 0. The van der Waals surface area contributed by atoms with E-state index in [4.69, 9.17) is 11.6 Å². The molecule has 0 bridgehead atoms. The molecule has 1 aliphatic rings. The van der Waals surface area contributed by atoms with Crippen molar-refractivity contribution in [3.63, 3.8) is 0 Å². The molecule has 0 spiro atoms. The van der Waals surface area contributed by atoms with Crippen LogP contribution in [0.2, 0.25) is 0 Å². The molecule has 4 heteroatoms. The van der Waals surface area contributed by atoms with Crippen LogP contribution in [0, 0.1) is 5.92 Å². The van der Waals surface area contributed by atoms with Gasteiger partial charge in [-0.05, 0) is 62.1 Å². The topological polar surface area (TPSA) is 29.1 Å². The number of thioether (sulfide) groups is 1. The third kappa shape index (κ3) is 4.43. The van der Waals surface area contributed by atoms with E-state index < -0.39 is 0 Å². The second-order valence-electron chi connectivity index (χ2n) is 5.06. The Morgan fingerprint density at radius 1 is 1.26 bits per heavy atom. The Balaban J connectivity index is 1.80. The molecule has 1 fully saturated rings. The quantitative estimate of drug-likeness (QED) is 0.674. The summed E-state index contributed by atoms with van der Waals surface area (Å²) in [5.41, 5.74) is 0.740. The third-order valence-corrected chi connectivity index (χ3v) is 4.86. The van der Waals surface area contributed by atoms with E-state index in [0.29, 0.717) is 11.3 Å². The molecule has 0 atom stereocenters. The second-order valence-corrected chi connectivity index (χ2v) is 6.55. The Morgan fingerprint density at radius 3 is 2.47 bits per heavy atom. The van der Waals surface area contributed by atoms with Crippen LogP contribution in [0.25, 0.3) is 0 Å². The molecule has 1 N–H and O–H groups in total. The fourth-order valence-corrected chi connectivity index (χ4v) is 3.07. The summed E-state index contributed by atoms with van der Waals surface area (Å²) in [6.45, 7) is 0.771. The van der Waals surface area contributed by atoms with Gasteiger partial charge < -0.3 is 5.32 Å². The van der Waals surface area contributed by atoms with Gasteiger partial charge in [0.1, 0.15) is 0 Å². The summed E-state index contributed by atoms with van der Waals surface area (Å²) >= 11 is 7.76. The zero-order valence-electron chi connectivity index (χ0n) is 11.2. The molecule has 0 aromatic heterocycles. The van der Waals surface area contributed by atoms with Crippen LogP contribution in [0.3, 0.4) is 0 Å². The summed E-state index contributed by atoms with van der Waals surface area (Å²) < 4.78 is 0. The lowest BCUT2D eigenvalue weighted by atomic mass is 9.89. The van der Waals surface area contributed by atoms with Crippen LogP contribution in [0.5, 0.6) is 0 Å². The average molecular weight is 298 g/mol. The number of hydrogen-bond donors (Lipinski definition) is 1. The molecule has 0 unspecified atom stereocenters. The van der Waals surface area contributed by atoms with Gasteiger partial charge in [-0.15, -0.1) is 23.4 Å². The van der Waals surface area contributed by atoms with E-state index in [1.165, 1.54) is 4.90 Å². The molecular weight excluding hydrogens is 278 g/mol. The lowest BCUT2D eigenvalue weighted by Crippen LogP contribution is -2.31. The molecule has 1 amide bonds. The lowest BCUT2D eigenvalue weighted by Gasteiger charge is -2.25. The van der Waals surface area contributed by atoms with Gasteiger partial charge in [-0.1, -0.05) is 0 Å². The maximum absolute atomic E-state index is 12.0. The number of amides is 1. The highest BCUT2D eigenvalue weighted by Crippen LogP contribution is 2.27. The standard InChI is InChI=1S/C15H20ClNOS/c1-19-14-8-4-12(5-9-14)15(18)17-10-11-2-6-13(16)7-3-11/h4-5,8-9,11,13H,2-3,6-7,10H2,1H3,(H,17,18). The van der Waals surface area contributed by atoms with Crippen LogP contribution in [0.1, 0.15) is 36.0 Å². The predicted molar refractivity (Wildman–Crippen MR) is 82.2 cm³/mol. The van der Waals surface area contributed by atoms with Crippen molar-refractivity contribution in [3.05, 3.63) is 29.8 Å². The van der Waals surface area contributed by atoms with Gasteiger partial charge in [-0.25, -0.2) is 0 Å². The monoisotopic (exact) mass is 297 g/mol. The van der Waals surface area contributed by atoms with Gasteiger partial charge >= 0.3 is 0 Å². The van der Waals surface area contributed by atoms with E-state index in [1.54, 1.807) is 11.8 Å². The minimum absolute atomic E-state index is 0.0284. The molecule has 1 saturated carbocycles. The third-order valence-electron chi connectivity index (χ3n) is 3.68. The minimum atomic E-state index is 0.0284. The lowest BCUT2D eigenvalue weighted by molar-refractivity contribution is 0.0943. The van der Waals surface area contributed by atoms with E-state index in [0.717, 1.165) is 37.8 Å². The van der Waals surface area contributed by atoms with E-state index in [9.17, 15) is 4.79 Å². The summed E-state index contributed by atoms with van der Waals surface area (Å²) in [5, 5.41) is 3.37. The van der Waals surface area contributed by atoms with Crippen LogP contribution in [0.15, 0.2) is 29.2 Å². The molecule has 104 valence electrons. The highest BCUT2D eigenvalue weighted by molar-refractivity contribution is 7.98. The Hall–Kier alpha value is -0.670. The maximum atomic E-state index is 12.0. The number of carbonyl (C=O) groups excluding carboxylic acids is 1. The molecule has 0 saturated heterocycles. The highest BCUT2D eigenvalue weighted by atomic mass is 35.5. The molecule has 1 aromatic rings. The van der Waals surface area contributed by atoms with Crippen molar-refractivity contribution in [2.24, 2.45) is 5.92 Å². The van der Waals surface area contributed by atoms with Crippen molar-refractivity contribution in [1.82, 2.24) is 5.32 Å². The van der Waals surface area contributed by atoms with Gasteiger partial charge in [0.15, 0.2) is 0 Å². The number of hydrogen-bond acceptors (Lipinski definition) is 2. The Bertz CT molecular complexity index is 413. The second kappa shape index (κ2) is 7.20. The van der Waals surface area contributed by atoms with Crippen molar-refractivity contribution < 1.29 is 4.79 Å². The molecule has 2 rings (SSSR count). The molecule has 1 aromatic carbocycles. The largest absolute Gasteiger partial charge is 0.352 e. The first kappa shape index (κ1) is 14.7. The molecule has 1 aliphatic carbocycles.